The minimum Gasteiger partial charge on any atom is -0.489 e. The second-order valence-electron chi connectivity index (χ2n) is 7.03. The van der Waals surface area contributed by atoms with Gasteiger partial charge in [0.15, 0.2) is 5.11 Å². The van der Waals surface area contributed by atoms with Crippen LogP contribution in [0.3, 0.4) is 0 Å². The fraction of sp³-hybridized carbons (Fsp3) is 0.167. The van der Waals surface area contributed by atoms with Crippen LogP contribution >= 0.6 is 12.2 Å². The van der Waals surface area contributed by atoms with Gasteiger partial charge in [-0.1, -0.05) is 60.7 Å². The van der Waals surface area contributed by atoms with E-state index in [1.165, 1.54) is 7.11 Å². The number of ether oxygens (including phenoxy) is 2. The fourth-order valence-corrected chi connectivity index (χ4v) is 4.00. The Balaban J connectivity index is 1.85. The highest BCUT2D eigenvalue weighted by Crippen LogP contribution is 2.39. The Bertz CT molecular complexity index is 1140. The van der Waals surface area contributed by atoms with Crippen LogP contribution in [0.4, 0.5) is 0 Å². The van der Waals surface area contributed by atoms with E-state index in [1.807, 2.05) is 73.7 Å². The Morgan fingerprint density at radius 3 is 2.53 bits per heavy atom. The third-order valence-electron chi connectivity index (χ3n) is 5.13. The van der Waals surface area contributed by atoms with Crippen LogP contribution in [0, 0.1) is 0 Å². The number of carbonyl (C=O) groups is 1. The second-order valence-corrected chi connectivity index (χ2v) is 7.44. The smallest absolute Gasteiger partial charge is 0.337 e. The van der Waals surface area contributed by atoms with Crippen molar-refractivity contribution in [3.63, 3.8) is 0 Å². The van der Waals surface area contributed by atoms with E-state index in [-0.39, 0.29) is 0 Å². The number of allylic oxidation sites excluding steroid dienone is 1. The van der Waals surface area contributed by atoms with E-state index in [9.17, 15) is 4.79 Å². The summed E-state index contributed by atoms with van der Waals surface area (Å²) in [7, 11) is 1.38. The molecule has 1 atom stereocenters. The molecule has 5 nitrogen and oxygen atoms in total. The number of carbonyl (C=O) groups excluding carboxylic acids is 1. The highest BCUT2D eigenvalue weighted by molar-refractivity contribution is 7.80. The normalized spacial score (nSPS) is 16.1. The Morgan fingerprint density at radius 1 is 1.03 bits per heavy atom. The first-order chi connectivity index (χ1) is 14.6. The number of thiocarbonyl (C=S) groups is 1. The molecular weight excluding hydrogens is 396 g/mol. The molecule has 3 aromatic rings. The van der Waals surface area contributed by atoms with Gasteiger partial charge in [-0.25, -0.2) is 4.79 Å². The molecule has 0 saturated heterocycles. The number of hydrogen-bond donors (Lipinski definition) is 2. The molecule has 30 heavy (non-hydrogen) atoms. The largest absolute Gasteiger partial charge is 0.489 e. The van der Waals surface area contributed by atoms with Gasteiger partial charge in [-0.15, -0.1) is 0 Å². The molecule has 0 amide bonds. The zero-order valence-corrected chi connectivity index (χ0v) is 17.6. The predicted molar refractivity (Wildman–Crippen MR) is 121 cm³/mol. The third kappa shape index (κ3) is 3.86. The minimum atomic E-state index is -0.497. The maximum Gasteiger partial charge on any atom is 0.337 e. The van der Waals surface area contributed by atoms with Crippen LogP contribution < -0.4 is 15.4 Å². The first kappa shape index (κ1) is 19.9. The lowest BCUT2D eigenvalue weighted by Gasteiger charge is -2.31. The fourth-order valence-electron chi connectivity index (χ4n) is 3.73. The van der Waals surface area contributed by atoms with Gasteiger partial charge in [-0.2, -0.15) is 0 Å². The van der Waals surface area contributed by atoms with E-state index in [0.29, 0.717) is 28.7 Å². The lowest BCUT2D eigenvalue weighted by molar-refractivity contribution is -0.136. The van der Waals surface area contributed by atoms with Crippen LogP contribution in [0.1, 0.15) is 24.1 Å². The molecule has 2 N–H and O–H groups in total. The molecule has 0 fully saturated rings. The van der Waals surface area contributed by atoms with Gasteiger partial charge in [0.25, 0.3) is 0 Å². The van der Waals surface area contributed by atoms with Crippen molar-refractivity contribution in [3.05, 3.63) is 89.1 Å². The molecule has 0 spiro atoms. The average molecular weight is 419 g/mol. The number of methoxy groups -OCH3 is 1. The van der Waals surface area contributed by atoms with Crippen molar-refractivity contribution in [3.8, 4) is 5.75 Å². The molecule has 152 valence electrons. The first-order valence-corrected chi connectivity index (χ1v) is 10.0. The average Bonchev–Trinajstić information content (AvgIpc) is 2.77. The molecule has 0 aliphatic carbocycles. The summed E-state index contributed by atoms with van der Waals surface area (Å²) in [6.07, 6.45) is 0. The Kier molecular flexibility index (Phi) is 5.68. The highest BCUT2D eigenvalue weighted by Gasteiger charge is 2.33. The Labute approximate surface area is 180 Å². The van der Waals surface area contributed by atoms with Gasteiger partial charge < -0.3 is 20.1 Å². The Morgan fingerprint density at radius 2 is 1.77 bits per heavy atom. The summed E-state index contributed by atoms with van der Waals surface area (Å²) in [6.45, 7) is 2.24. The number of nitrogens with one attached hydrogen (secondary N) is 2. The van der Waals surface area contributed by atoms with E-state index in [2.05, 4.69) is 10.6 Å². The van der Waals surface area contributed by atoms with Gasteiger partial charge in [-0.3, -0.25) is 0 Å². The van der Waals surface area contributed by atoms with Crippen LogP contribution in [0.25, 0.3) is 10.8 Å². The van der Waals surface area contributed by atoms with Crippen molar-refractivity contribution in [1.82, 2.24) is 10.6 Å². The molecule has 0 aromatic heterocycles. The molecule has 1 heterocycles. The molecule has 0 bridgehead atoms. The van der Waals surface area contributed by atoms with Crippen LogP contribution in [0.15, 0.2) is 78.0 Å². The van der Waals surface area contributed by atoms with E-state index in [0.717, 1.165) is 21.9 Å². The third-order valence-corrected chi connectivity index (χ3v) is 5.35. The summed E-state index contributed by atoms with van der Waals surface area (Å²) in [4.78, 5) is 12.7. The quantitative estimate of drug-likeness (QED) is 0.474. The molecule has 6 heteroatoms. The number of esters is 1. The van der Waals surface area contributed by atoms with Gasteiger partial charge in [0.05, 0.1) is 18.7 Å². The predicted octanol–water partition coefficient (Wildman–Crippen LogP) is 4.38. The molecule has 0 radical (unpaired) electrons. The van der Waals surface area contributed by atoms with Crippen molar-refractivity contribution in [2.75, 3.05) is 7.11 Å². The van der Waals surface area contributed by atoms with Gasteiger partial charge in [0, 0.05) is 11.3 Å². The van der Waals surface area contributed by atoms with Crippen molar-refractivity contribution < 1.29 is 14.3 Å². The van der Waals surface area contributed by atoms with Crippen LogP contribution in [-0.2, 0) is 16.1 Å². The first-order valence-electron chi connectivity index (χ1n) is 9.63. The van der Waals surface area contributed by atoms with Crippen molar-refractivity contribution in [2.24, 2.45) is 0 Å². The summed E-state index contributed by atoms with van der Waals surface area (Å²) in [5.74, 6) is 0.274. The molecule has 1 aliphatic heterocycles. The summed E-state index contributed by atoms with van der Waals surface area (Å²) in [5.41, 5.74) is 3.06. The molecule has 0 unspecified atom stereocenters. The Hall–Kier alpha value is -3.38. The van der Waals surface area contributed by atoms with Crippen LogP contribution in [-0.4, -0.2) is 18.2 Å². The lowest BCUT2D eigenvalue weighted by Crippen LogP contribution is -2.45. The summed E-state index contributed by atoms with van der Waals surface area (Å²) < 4.78 is 11.3. The topological polar surface area (TPSA) is 59.6 Å². The van der Waals surface area contributed by atoms with Crippen molar-refractivity contribution in [2.45, 2.75) is 19.6 Å². The van der Waals surface area contributed by atoms with Gasteiger partial charge >= 0.3 is 5.97 Å². The van der Waals surface area contributed by atoms with Gasteiger partial charge in [0.1, 0.15) is 12.4 Å². The second kappa shape index (κ2) is 8.55. The van der Waals surface area contributed by atoms with E-state index >= 15 is 0 Å². The number of hydrogen-bond acceptors (Lipinski definition) is 4. The summed E-state index contributed by atoms with van der Waals surface area (Å²) >= 11 is 5.39. The SMILES string of the molecule is COC(=O)C1=C(C)NC(=S)N[C@@H]1c1c(OCc2ccccc2)ccc2ccccc12. The van der Waals surface area contributed by atoms with Crippen molar-refractivity contribution in [1.29, 1.82) is 0 Å². The molecule has 0 saturated carbocycles. The number of rotatable bonds is 5. The molecule has 1 aliphatic rings. The van der Waals surface area contributed by atoms with Crippen LogP contribution in [0.2, 0.25) is 0 Å². The molecule has 3 aromatic carbocycles. The summed E-state index contributed by atoms with van der Waals surface area (Å²) in [5, 5.41) is 8.75. The maximum absolute atomic E-state index is 12.7. The monoisotopic (exact) mass is 418 g/mol. The zero-order chi connectivity index (χ0) is 21.1. The van der Waals surface area contributed by atoms with E-state index < -0.39 is 12.0 Å². The van der Waals surface area contributed by atoms with Crippen LogP contribution in [0.5, 0.6) is 5.75 Å². The lowest BCUT2D eigenvalue weighted by atomic mass is 9.90. The summed E-state index contributed by atoms with van der Waals surface area (Å²) in [6, 6.07) is 21.5. The zero-order valence-electron chi connectivity index (χ0n) is 16.8. The highest BCUT2D eigenvalue weighted by atomic mass is 32.1. The van der Waals surface area contributed by atoms with Gasteiger partial charge in [0.2, 0.25) is 0 Å². The van der Waals surface area contributed by atoms with Gasteiger partial charge in [-0.05, 0) is 41.5 Å². The molecular formula is C24H22N2O3S. The van der Waals surface area contributed by atoms with Crippen molar-refractivity contribution >= 4 is 34.1 Å². The number of fused-ring (bicyclic) bond motifs is 1. The van der Waals surface area contributed by atoms with E-state index in [1.54, 1.807) is 0 Å². The number of benzene rings is 3. The standard InChI is InChI=1S/C24H22N2O3S/c1-15-20(23(27)28-2)22(26-24(30)25-15)21-18-11-7-6-10-17(18)12-13-19(21)29-14-16-8-4-3-5-9-16/h3-13,22H,14H2,1-2H3,(H2,25,26,30)/t22-/m0/s1. The van der Waals surface area contributed by atoms with E-state index in [4.69, 9.17) is 21.7 Å². The molecule has 4 rings (SSSR count). The minimum absolute atomic E-state index is 0.415. The maximum atomic E-state index is 12.7.